The van der Waals surface area contributed by atoms with Gasteiger partial charge in [0.05, 0.1) is 13.2 Å². The fourth-order valence-corrected chi connectivity index (χ4v) is 2.20. The predicted octanol–water partition coefficient (Wildman–Crippen LogP) is 3.01. The van der Waals surface area contributed by atoms with E-state index in [0.717, 1.165) is 12.8 Å². The van der Waals surface area contributed by atoms with Crippen molar-refractivity contribution in [2.24, 2.45) is 0 Å². The Balaban J connectivity index is 2.04. The minimum absolute atomic E-state index is 0.199. The fourth-order valence-electron chi connectivity index (χ4n) is 2.01. The van der Waals surface area contributed by atoms with Gasteiger partial charge < -0.3 is 4.74 Å². The van der Waals surface area contributed by atoms with Gasteiger partial charge in [-0.1, -0.05) is 11.6 Å². The van der Waals surface area contributed by atoms with E-state index in [0.29, 0.717) is 29.8 Å². The van der Waals surface area contributed by atoms with Crippen molar-refractivity contribution in [3.05, 3.63) is 34.6 Å². The standard InChI is InChI=1S/C14H17ClFNO2/c1-2-19-14(18)9-17(12-4-5-12)8-10-7-11(15)3-6-13(10)16/h3,6-7,12H,2,4-5,8-9H2,1H3. The highest BCUT2D eigenvalue weighted by Gasteiger charge is 2.31. The number of benzene rings is 1. The number of ether oxygens (including phenoxy) is 1. The second-order valence-electron chi connectivity index (χ2n) is 4.68. The zero-order chi connectivity index (χ0) is 13.8. The molecular weight excluding hydrogens is 269 g/mol. The lowest BCUT2D eigenvalue weighted by atomic mass is 10.2. The second kappa shape index (κ2) is 6.35. The molecule has 0 spiro atoms. The molecule has 0 heterocycles. The maximum Gasteiger partial charge on any atom is 0.320 e. The molecule has 1 aliphatic rings. The maximum atomic E-state index is 13.7. The van der Waals surface area contributed by atoms with E-state index in [1.807, 2.05) is 4.90 Å². The SMILES string of the molecule is CCOC(=O)CN(Cc1cc(Cl)ccc1F)C1CC1. The molecule has 5 heteroatoms. The zero-order valence-corrected chi connectivity index (χ0v) is 11.6. The third kappa shape index (κ3) is 4.18. The Bertz CT molecular complexity index is 463. The Labute approximate surface area is 117 Å². The average molecular weight is 286 g/mol. The van der Waals surface area contributed by atoms with Crippen LogP contribution in [0.5, 0.6) is 0 Å². The first-order valence-electron chi connectivity index (χ1n) is 6.43. The normalized spacial score (nSPS) is 14.7. The van der Waals surface area contributed by atoms with Gasteiger partial charge in [-0.3, -0.25) is 9.69 Å². The summed E-state index contributed by atoms with van der Waals surface area (Å²) in [5, 5.41) is 0.503. The Morgan fingerprint density at radius 2 is 2.26 bits per heavy atom. The van der Waals surface area contributed by atoms with Crippen molar-refractivity contribution < 1.29 is 13.9 Å². The molecule has 0 aromatic heterocycles. The van der Waals surface area contributed by atoms with Crippen molar-refractivity contribution in [2.45, 2.75) is 32.4 Å². The molecular formula is C14H17ClFNO2. The zero-order valence-electron chi connectivity index (χ0n) is 10.9. The number of rotatable bonds is 6. The minimum atomic E-state index is -0.293. The minimum Gasteiger partial charge on any atom is -0.465 e. The van der Waals surface area contributed by atoms with Crippen molar-refractivity contribution in [3.63, 3.8) is 0 Å². The Morgan fingerprint density at radius 1 is 1.53 bits per heavy atom. The molecule has 1 aromatic rings. The monoisotopic (exact) mass is 285 g/mol. The van der Waals surface area contributed by atoms with Crippen molar-refractivity contribution in [3.8, 4) is 0 Å². The fraction of sp³-hybridized carbons (Fsp3) is 0.500. The summed E-state index contributed by atoms with van der Waals surface area (Å²) in [6, 6.07) is 4.83. The van der Waals surface area contributed by atoms with Crippen LogP contribution in [0.25, 0.3) is 0 Å². The summed E-state index contributed by atoms with van der Waals surface area (Å²) in [4.78, 5) is 13.5. The molecule has 19 heavy (non-hydrogen) atoms. The van der Waals surface area contributed by atoms with Gasteiger partial charge in [0, 0.05) is 23.2 Å². The van der Waals surface area contributed by atoms with E-state index >= 15 is 0 Å². The summed E-state index contributed by atoms with van der Waals surface area (Å²) in [5.41, 5.74) is 0.517. The van der Waals surface area contributed by atoms with E-state index in [-0.39, 0.29) is 18.3 Å². The number of carbonyl (C=O) groups excluding carboxylic acids is 1. The van der Waals surface area contributed by atoms with Crippen LogP contribution in [0.2, 0.25) is 5.02 Å². The van der Waals surface area contributed by atoms with Gasteiger partial charge in [-0.15, -0.1) is 0 Å². The maximum absolute atomic E-state index is 13.7. The molecule has 104 valence electrons. The van der Waals surface area contributed by atoms with Crippen LogP contribution in [0.4, 0.5) is 4.39 Å². The van der Waals surface area contributed by atoms with Crippen LogP contribution in [0.1, 0.15) is 25.3 Å². The van der Waals surface area contributed by atoms with Gasteiger partial charge >= 0.3 is 5.97 Å². The van der Waals surface area contributed by atoms with E-state index < -0.39 is 0 Å². The summed E-state index contributed by atoms with van der Waals surface area (Å²) in [5.74, 6) is -0.559. The summed E-state index contributed by atoms with van der Waals surface area (Å²) < 4.78 is 18.6. The number of esters is 1. The van der Waals surface area contributed by atoms with E-state index in [9.17, 15) is 9.18 Å². The lowest BCUT2D eigenvalue weighted by molar-refractivity contribution is -0.144. The molecule has 1 aliphatic carbocycles. The number of hydrogen-bond donors (Lipinski definition) is 0. The van der Waals surface area contributed by atoms with E-state index in [2.05, 4.69) is 0 Å². The summed E-state index contributed by atoms with van der Waals surface area (Å²) >= 11 is 5.87. The van der Waals surface area contributed by atoms with E-state index in [4.69, 9.17) is 16.3 Å². The lowest BCUT2D eigenvalue weighted by Gasteiger charge is -2.21. The summed E-state index contributed by atoms with van der Waals surface area (Å²) in [6.45, 7) is 2.72. The van der Waals surface area contributed by atoms with Crippen molar-refractivity contribution in [2.75, 3.05) is 13.2 Å². The molecule has 0 N–H and O–H groups in total. The summed E-state index contributed by atoms with van der Waals surface area (Å²) in [6.07, 6.45) is 2.09. The van der Waals surface area contributed by atoms with Crippen LogP contribution in [0, 0.1) is 5.82 Å². The van der Waals surface area contributed by atoms with Gasteiger partial charge in [-0.05, 0) is 38.0 Å². The highest BCUT2D eigenvalue weighted by molar-refractivity contribution is 6.30. The quantitative estimate of drug-likeness (QED) is 0.753. The van der Waals surface area contributed by atoms with Gasteiger partial charge in [-0.2, -0.15) is 0 Å². The smallest absolute Gasteiger partial charge is 0.320 e. The van der Waals surface area contributed by atoms with Crippen molar-refractivity contribution >= 4 is 17.6 Å². The van der Waals surface area contributed by atoms with Crippen molar-refractivity contribution in [1.82, 2.24) is 4.90 Å². The van der Waals surface area contributed by atoms with Crippen LogP contribution in [0.3, 0.4) is 0 Å². The average Bonchev–Trinajstić information content (AvgIpc) is 3.17. The highest BCUT2D eigenvalue weighted by Crippen LogP contribution is 2.29. The molecule has 0 radical (unpaired) electrons. The molecule has 1 saturated carbocycles. The van der Waals surface area contributed by atoms with Gasteiger partial charge in [0.2, 0.25) is 0 Å². The first kappa shape index (κ1) is 14.3. The van der Waals surface area contributed by atoms with E-state index in [1.54, 1.807) is 13.0 Å². The number of carbonyl (C=O) groups is 1. The van der Waals surface area contributed by atoms with Gasteiger partial charge in [-0.25, -0.2) is 4.39 Å². The highest BCUT2D eigenvalue weighted by atomic mass is 35.5. The molecule has 2 rings (SSSR count). The number of halogens is 2. The molecule has 0 saturated heterocycles. The molecule has 0 amide bonds. The molecule has 1 aromatic carbocycles. The van der Waals surface area contributed by atoms with Crippen LogP contribution in [-0.2, 0) is 16.1 Å². The molecule has 0 unspecified atom stereocenters. The topological polar surface area (TPSA) is 29.5 Å². The van der Waals surface area contributed by atoms with Gasteiger partial charge in [0.25, 0.3) is 0 Å². The third-order valence-corrected chi connectivity index (χ3v) is 3.32. The predicted molar refractivity (Wildman–Crippen MR) is 71.5 cm³/mol. The number of nitrogens with zero attached hydrogens (tertiary/aromatic N) is 1. The van der Waals surface area contributed by atoms with Crippen LogP contribution >= 0.6 is 11.6 Å². The molecule has 0 atom stereocenters. The van der Waals surface area contributed by atoms with Gasteiger partial charge in [0.1, 0.15) is 5.82 Å². The molecule has 1 fully saturated rings. The van der Waals surface area contributed by atoms with Gasteiger partial charge in [0.15, 0.2) is 0 Å². The Hall–Kier alpha value is -1.13. The van der Waals surface area contributed by atoms with E-state index in [1.165, 1.54) is 12.1 Å². The van der Waals surface area contributed by atoms with Crippen LogP contribution in [0.15, 0.2) is 18.2 Å². The second-order valence-corrected chi connectivity index (χ2v) is 5.11. The Kier molecular flexibility index (Phi) is 4.77. The van der Waals surface area contributed by atoms with Crippen molar-refractivity contribution in [1.29, 1.82) is 0 Å². The molecule has 0 bridgehead atoms. The molecule has 3 nitrogen and oxygen atoms in total. The van der Waals surface area contributed by atoms with Crippen LogP contribution < -0.4 is 0 Å². The largest absolute Gasteiger partial charge is 0.465 e. The van der Waals surface area contributed by atoms with Crippen LogP contribution in [-0.4, -0.2) is 30.1 Å². The first-order valence-corrected chi connectivity index (χ1v) is 6.81. The lowest BCUT2D eigenvalue weighted by Crippen LogP contribution is -2.32. The first-order chi connectivity index (χ1) is 9.10. The molecule has 0 aliphatic heterocycles. The third-order valence-electron chi connectivity index (χ3n) is 3.08. The summed E-state index contributed by atoms with van der Waals surface area (Å²) in [7, 11) is 0. The Morgan fingerprint density at radius 3 is 2.89 bits per heavy atom. The number of hydrogen-bond acceptors (Lipinski definition) is 3.